The first kappa shape index (κ1) is 13.7. The number of anilines is 1. The number of rotatable bonds is 4. The lowest BCUT2D eigenvalue weighted by Crippen LogP contribution is -2.46. The van der Waals surface area contributed by atoms with Crippen molar-refractivity contribution in [3.8, 4) is 0 Å². The molecule has 2 rings (SSSR count). The summed E-state index contributed by atoms with van der Waals surface area (Å²) in [6, 6.07) is 5.79. The Labute approximate surface area is 112 Å². The Morgan fingerprint density at radius 2 is 2.11 bits per heavy atom. The minimum Gasteiger partial charge on any atom is -0.408 e. The minimum atomic E-state index is -0.328. The predicted octanol–water partition coefficient (Wildman–Crippen LogP) is 1.57. The molecule has 0 saturated carbocycles. The zero-order valence-corrected chi connectivity index (χ0v) is 12.2. The Morgan fingerprint density at radius 1 is 1.42 bits per heavy atom. The summed E-state index contributed by atoms with van der Waals surface area (Å²) in [4.78, 5) is 13.6. The Bertz CT molecular complexity index is 640. The molecule has 0 fully saturated rings. The molecule has 0 aliphatic heterocycles. The first-order chi connectivity index (χ1) is 8.84. The van der Waals surface area contributed by atoms with Crippen molar-refractivity contribution in [2.45, 2.75) is 19.4 Å². The van der Waals surface area contributed by atoms with Gasteiger partial charge in [0.2, 0.25) is 0 Å². The van der Waals surface area contributed by atoms with Crippen LogP contribution < -0.4 is 16.0 Å². The lowest BCUT2D eigenvalue weighted by molar-refractivity contribution is 0.428. The predicted molar refractivity (Wildman–Crippen MR) is 77.9 cm³/mol. The van der Waals surface area contributed by atoms with Gasteiger partial charge in [-0.05, 0) is 39.1 Å². The van der Waals surface area contributed by atoms with Gasteiger partial charge in [0, 0.05) is 31.9 Å². The van der Waals surface area contributed by atoms with E-state index in [4.69, 9.17) is 4.42 Å². The van der Waals surface area contributed by atoms with E-state index in [1.165, 1.54) is 4.57 Å². The van der Waals surface area contributed by atoms with Crippen molar-refractivity contribution in [2.24, 2.45) is 7.05 Å². The summed E-state index contributed by atoms with van der Waals surface area (Å²) in [5, 5.41) is 3.28. The highest BCUT2D eigenvalue weighted by Crippen LogP contribution is 2.21. The third-order valence-corrected chi connectivity index (χ3v) is 3.53. The van der Waals surface area contributed by atoms with Gasteiger partial charge in [-0.1, -0.05) is 0 Å². The van der Waals surface area contributed by atoms with Crippen LogP contribution in [0.1, 0.15) is 13.8 Å². The van der Waals surface area contributed by atoms with Crippen molar-refractivity contribution in [3.05, 3.63) is 28.7 Å². The second kappa shape index (κ2) is 4.74. The van der Waals surface area contributed by atoms with E-state index in [0.717, 1.165) is 17.7 Å². The summed E-state index contributed by atoms with van der Waals surface area (Å²) in [5.41, 5.74) is 2.52. The van der Waals surface area contributed by atoms with Gasteiger partial charge >= 0.3 is 5.76 Å². The number of benzene rings is 1. The first-order valence-electron chi connectivity index (χ1n) is 6.34. The maximum atomic E-state index is 11.5. The maximum Gasteiger partial charge on any atom is 0.419 e. The number of aromatic nitrogens is 1. The Hall–Kier alpha value is -1.75. The van der Waals surface area contributed by atoms with Gasteiger partial charge in [-0.3, -0.25) is 4.57 Å². The molecule has 19 heavy (non-hydrogen) atoms. The van der Waals surface area contributed by atoms with Crippen molar-refractivity contribution in [2.75, 3.05) is 25.5 Å². The molecule has 1 N–H and O–H groups in total. The molecule has 0 unspecified atom stereocenters. The highest BCUT2D eigenvalue weighted by molar-refractivity contribution is 5.77. The molecule has 1 aromatic carbocycles. The third-order valence-electron chi connectivity index (χ3n) is 3.53. The van der Waals surface area contributed by atoms with E-state index in [2.05, 4.69) is 24.1 Å². The van der Waals surface area contributed by atoms with E-state index in [0.29, 0.717) is 5.58 Å². The summed E-state index contributed by atoms with van der Waals surface area (Å²) >= 11 is 0. The van der Waals surface area contributed by atoms with E-state index in [1.807, 2.05) is 32.3 Å². The number of hydrogen-bond acceptors (Lipinski definition) is 4. The van der Waals surface area contributed by atoms with Crippen LogP contribution in [-0.2, 0) is 7.05 Å². The second-order valence-electron chi connectivity index (χ2n) is 5.57. The molecule has 0 spiro atoms. The van der Waals surface area contributed by atoms with Crippen LogP contribution in [0, 0.1) is 0 Å². The van der Waals surface area contributed by atoms with Gasteiger partial charge in [0.25, 0.3) is 0 Å². The highest BCUT2D eigenvalue weighted by atomic mass is 16.4. The smallest absolute Gasteiger partial charge is 0.408 e. The van der Waals surface area contributed by atoms with Crippen LogP contribution in [-0.4, -0.2) is 30.7 Å². The summed E-state index contributed by atoms with van der Waals surface area (Å²) in [6.07, 6.45) is 0. The first-order valence-corrected chi connectivity index (χ1v) is 6.34. The molecule has 0 saturated heterocycles. The maximum absolute atomic E-state index is 11.5. The average molecular weight is 263 g/mol. The summed E-state index contributed by atoms with van der Waals surface area (Å²) in [5.74, 6) is -0.328. The fraction of sp³-hybridized carbons (Fsp3) is 0.500. The lowest BCUT2D eigenvalue weighted by atomic mass is 10.1. The molecule has 0 aliphatic rings. The van der Waals surface area contributed by atoms with Crippen LogP contribution in [0.3, 0.4) is 0 Å². The number of hydrogen-bond donors (Lipinski definition) is 1. The molecule has 0 amide bonds. The Balaban J connectivity index is 2.35. The minimum absolute atomic E-state index is 0.0198. The quantitative estimate of drug-likeness (QED) is 0.909. The van der Waals surface area contributed by atoms with E-state index < -0.39 is 0 Å². The van der Waals surface area contributed by atoms with Crippen LogP contribution in [0.5, 0.6) is 0 Å². The van der Waals surface area contributed by atoms with Crippen LogP contribution in [0.4, 0.5) is 5.69 Å². The average Bonchev–Trinajstić information content (AvgIpc) is 2.64. The third kappa shape index (κ3) is 2.66. The standard InChI is InChI=1S/C14H21N3O2/c1-14(2,15-3)9-16(4)10-6-7-12-11(8-10)17(5)13(18)19-12/h6-8,15H,9H2,1-5H3. The van der Waals surface area contributed by atoms with E-state index >= 15 is 0 Å². The number of likely N-dealkylation sites (N-methyl/N-ethyl adjacent to an activating group) is 2. The normalized spacial score (nSPS) is 12.1. The molecule has 5 nitrogen and oxygen atoms in total. The lowest BCUT2D eigenvalue weighted by Gasteiger charge is -2.31. The van der Waals surface area contributed by atoms with Crippen LogP contribution >= 0.6 is 0 Å². The van der Waals surface area contributed by atoms with Gasteiger partial charge in [-0.25, -0.2) is 4.79 Å². The van der Waals surface area contributed by atoms with Crippen molar-refractivity contribution in [1.82, 2.24) is 9.88 Å². The SMILES string of the molecule is CNC(C)(C)CN(C)c1ccc2oc(=O)n(C)c2c1. The molecule has 1 heterocycles. The molecular formula is C14H21N3O2. The second-order valence-corrected chi connectivity index (χ2v) is 5.57. The van der Waals surface area contributed by atoms with Gasteiger partial charge in [-0.2, -0.15) is 0 Å². The van der Waals surface area contributed by atoms with Crippen molar-refractivity contribution in [3.63, 3.8) is 0 Å². The molecule has 104 valence electrons. The fourth-order valence-corrected chi connectivity index (χ4v) is 2.12. The van der Waals surface area contributed by atoms with Crippen LogP contribution in [0.2, 0.25) is 0 Å². The highest BCUT2D eigenvalue weighted by Gasteiger charge is 2.18. The van der Waals surface area contributed by atoms with Crippen LogP contribution in [0.15, 0.2) is 27.4 Å². The van der Waals surface area contributed by atoms with Crippen LogP contribution in [0.25, 0.3) is 11.1 Å². The Kier molecular flexibility index (Phi) is 3.41. The largest absolute Gasteiger partial charge is 0.419 e. The van der Waals surface area contributed by atoms with E-state index in [1.54, 1.807) is 7.05 Å². The molecule has 0 aliphatic carbocycles. The number of fused-ring (bicyclic) bond motifs is 1. The number of nitrogens with one attached hydrogen (secondary N) is 1. The molecular weight excluding hydrogens is 242 g/mol. The zero-order chi connectivity index (χ0) is 14.2. The van der Waals surface area contributed by atoms with Crippen molar-refractivity contribution < 1.29 is 4.42 Å². The molecule has 2 aromatic rings. The summed E-state index contributed by atoms with van der Waals surface area (Å²) < 4.78 is 6.66. The zero-order valence-electron chi connectivity index (χ0n) is 12.2. The summed E-state index contributed by atoms with van der Waals surface area (Å²) in [6.45, 7) is 5.16. The molecule has 0 atom stereocenters. The molecule has 0 bridgehead atoms. The van der Waals surface area contributed by atoms with Crippen molar-refractivity contribution in [1.29, 1.82) is 0 Å². The molecule has 1 aromatic heterocycles. The monoisotopic (exact) mass is 263 g/mol. The molecule has 0 radical (unpaired) electrons. The van der Waals surface area contributed by atoms with E-state index in [-0.39, 0.29) is 11.3 Å². The van der Waals surface area contributed by atoms with Gasteiger partial charge in [-0.15, -0.1) is 0 Å². The Morgan fingerprint density at radius 3 is 2.74 bits per heavy atom. The van der Waals surface area contributed by atoms with E-state index in [9.17, 15) is 4.79 Å². The topological polar surface area (TPSA) is 50.4 Å². The number of nitrogens with zero attached hydrogens (tertiary/aromatic N) is 2. The summed E-state index contributed by atoms with van der Waals surface area (Å²) in [7, 11) is 5.71. The molecule has 5 heteroatoms. The number of aryl methyl sites for hydroxylation is 1. The van der Waals surface area contributed by atoms with Crippen molar-refractivity contribution >= 4 is 16.8 Å². The van der Waals surface area contributed by atoms with Gasteiger partial charge in [0.05, 0.1) is 5.52 Å². The van der Waals surface area contributed by atoms with Gasteiger partial charge < -0.3 is 14.6 Å². The van der Waals surface area contributed by atoms with Gasteiger partial charge in [0.15, 0.2) is 5.58 Å². The number of oxazole rings is 1. The fourth-order valence-electron chi connectivity index (χ4n) is 2.12. The van der Waals surface area contributed by atoms with Gasteiger partial charge in [0.1, 0.15) is 0 Å².